The predicted octanol–water partition coefficient (Wildman–Crippen LogP) is 4.64. The SMILES string of the molecule is Cc1ccc(NC(=O)c2ccc(C(=O)Nc3ccccc3F)cc2)cc1. The lowest BCUT2D eigenvalue weighted by Gasteiger charge is -2.08. The van der Waals surface area contributed by atoms with Crippen LogP contribution in [0.5, 0.6) is 0 Å². The Hall–Kier alpha value is -3.47. The minimum Gasteiger partial charge on any atom is -0.322 e. The Morgan fingerprint density at radius 1 is 0.731 bits per heavy atom. The predicted molar refractivity (Wildman–Crippen MR) is 99.9 cm³/mol. The molecule has 26 heavy (non-hydrogen) atoms. The molecule has 0 aliphatic heterocycles. The van der Waals surface area contributed by atoms with Gasteiger partial charge >= 0.3 is 0 Å². The smallest absolute Gasteiger partial charge is 0.255 e. The third-order valence-electron chi connectivity index (χ3n) is 3.84. The van der Waals surface area contributed by atoms with Crippen LogP contribution in [0, 0.1) is 12.7 Å². The van der Waals surface area contributed by atoms with Crippen molar-refractivity contribution in [1.82, 2.24) is 0 Å². The zero-order valence-electron chi connectivity index (χ0n) is 14.1. The van der Waals surface area contributed by atoms with E-state index in [2.05, 4.69) is 10.6 Å². The number of hydrogen-bond donors (Lipinski definition) is 2. The first-order chi connectivity index (χ1) is 12.5. The van der Waals surface area contributed by atoms with Crippen LogP contribution in [0.25, 0.3) is 0 Å². The van der Waals surface area contributed by atoms with Crippen LogP contribution in [0.4, 0.5) is 15.8 Å². The third kappa shape index (κ3) is 4.13. The molecule has 0 fully saturated rings. The van der Waals surface area contributed by atoms with Gasteiger partial charge in [0.05, 0.1) is 5.69 Å². The summed E-state index contributed by atoms with van der Waals surface area (Å²) >= 11 is 0. The molecule has 2 amide bonds. The first kappa shape index (κ1) is 17.4. The molecule has 0 aliphatic carbocycles. The summed E-state index contributed by atoms with van der Waals surface area (Å²) in [6.45, 7) is 1.97. The third-order valence-corrected chi connectivity index (χ3v) is 3.84. The molecular formula is C21H17FN2O2. The fraction of sp³-hybridized carbons (Fsp3) is 0.0476. The summed E-state index contributed by atoms with van der Waals surface area (Å²) in [5, 5.41) is 5.30. The Bertz CT molecular complexity index is 935. The maximum absolute atomic E-state index is 13.6. The summed E-state index contributed by atoms with van der Waals surface area (Å²) in [6.07, 6.45) is 0. The van der Waals surface area contributed by atoms with E-state index in [-0.39, 0.29) is 11.6 Å². The van der Waals surface area contributed by atoms with Crippen molar-refractivity contribution in [2.45, 2.75) is 6.92 Å². The van der Waals surface area contributed by atoms with Crippen LogP contribution in [0.1, 0.15) is 26.3 Å². The van der Waals surface area contributed by atoms with E-state index in [0.717, 1.165) is 5.56 Å². The molecule has 3 rings (SSSR count). The Morgan fingerprint density at radius 3 is 1.85 bits per heavy atom. The topological polar surface area (TPSA) is 58.2 Å². The van der Waals surface area contributed by atoms with E-state index in [4.69, 9.17) is 0 Å². The van der Waals surface area contributed by atoms with Crippen LogP contribution < -0.4 is 10.6 Å². The number of carbonyl (C=O) groups excluding carboxylic acids is 2. The Morgan fingerprint density at radius 2 is 1.27 bits per heavy atom. The average Bonchev–Trinajstić information content (AvgIpc) is 2.65. The van der Waals surface area contributed by atoms with Crippen molar-refractivity contribution < 1.29 is 14.0 Å². The van der Waals surface area contributed by atoms with Gasteiger partial charge in [-0.1, -0.05) is 29.8 Å². The number of benzene rings is 3. The van der Waals surface area contributed by atoms with Crippen molar-refractivity contribution in [1.29, 1.82) is 0 Å². The average molecular weight is 348 g/mol. The highest BCUT2D eigenvalue weighted by molar-refractivity contribution is 6.07. The molecule has 0 unspecified atom stereocenters. The first-order valence-corrected chi connectivity index (χ1v) is 8.07. The van der Waals surface area contributed by atoms with Crippen LogP contribution >= 0.6 is 0 Å². The number of para-hydroxylation sites is 1. The zero-order chi connectivity index (χ0) is 18.5. The van der Waals surface area contributed by atoms with Crippen molar-refractivity contribution in [2.24, 2.45) is 0 Å². The summed E-state index contributed by atoms with van der Waals surface area (Å²) < 4.78 is 13.6. The number of nitrogens with one attached hydrogen (secondary N) is 2. The van der Waals surface area contributed by atoms with Crippen LogP contribution in [0.2, 0.25) is 0 Å². The van der Waals surface area contributed by atoms with E-state index in [0.29, 0.717) is 16.8 Å². The summed E-state index contributed by atoms with van der Waals surface area (Å²) in [5.41, 5.74) is 2.67. The molecule has 4 nitrogen and oxygen atoms in total. The van der Waals surface area contributed by atoms with Gasteiger partial charge in [-0.3, -0.25) is 9.59 Å². The van der Waals surface area contributed by atoms with Crippen molar-refractivity contribution in [3.63, 3.8) is 0 Å². The molecule has 130 valence electrons. The number of anilines is 2. The molecule has 0 heterocycles. The van der Waals surface area contributed by atoms with Gasteiger partial charge in [0.1, 0.15) is 5.82 Å². The van der Waals surface area contributed by atoms with E-state index in [1.165, 1.54) is 24.3 Å². The van der Waals surface area contributed by atoms with Crippen LogP contribution in [0.15, 0.2) is 72.8 Å². The molecule has 5 heteroatoms. The molecule has 0 saturated carbocycles. The van der Waals surface area contributed by atoms with Crippen molar-refractivity contribution >= 4 is 23.2 Å². The van der Waals surface area contributed by atoms with E-state index in [1.54, 1.807) is 24.3 Å². The lowest BCUT2D eigenvalue weighted by Crippen LogP contribution is -2.15. The number of aryl methyl sites for hydroxylation is 1. The summed E-state index contributed by atoms with van der Waals surface area (Å²) in [4.78, 5) is 24.4. The Balaban J connectivity index is 1.67. The molecule has 3 aromatic carbocycles. The fourth-order valence-corrected chi connectivity index (χ4v) is 2.37. The monoisotopic (exact) mass is 348 g/mol. The lowest BCUT2D eigenvalue weighted by molar-refractivity contribution is 0.101. The normalized spacial score (nSPS) is 10.2. The van der Waals surface area contributed by atoms with Gasteiger partial charge in [-0.25, -0.2) is 4.39 Å². The van der Waals surface area contributed by atoms with Gasteiger partial charge in [0, 0.05) is 16.8 Å². The first-order valence-electron chi connectivity index (χ1n) is 8.07. The summed E-state index contributed by atoms with van der Waals surface area (Å²) in [7, 11) is 0. The minimum absolute atomic E-state index is 0.110. The molecule has 0 radical (unpaired) electrons. The van der Waals surface area contributed by atoms with E-state index >= 15 is 0 Å². The molecule has 3 aromatic rings. The Kier molecular flexibility index (Phi) is 5.08. The van der Waals surface area contributed by atoms with Crippen molar-refractivity contribution in [3.8, 4) is 0 Å². The highest BCUT2D eigenvalue weighted by Crippen LogP contribution is 2.15. The van der Waals surface area contributed by atoms with E-state index in [1.807, 2.05) is 31.2 Å². The van der Waals surface area contributed by atoms with Gasteiger partial charge in [-0.15, -0.1) is 0 Å². The van der Waals surface area contributed by atoms with Gasteiger partial charge < -0.3 is 10.6 Å². The number of carbonyl (C=O) groups is 2. The van der Waals surface area contributed by atoms with Gasteiger partial charge in [0.25, 0.3) is 11.8 Å². The molecule has 0 saturated heterocycles. The van der Waals surface area contributed by atoms with Gasteiger partial charge in [0.15, 0.2) is 0 Å². The lowest BCUT2D eigenvalue weighted by atomic mass is 10.1. The van der Waals surface area contributed by atoms with Gasteiger partial charge in [-0.05, 0) is 55.5 Å². The second kappa shape index (κ2) is 7.61. The second-order valence-corrected chi connectivity index (χ2v) is 5.83. The van der Waals surface area contributed by atoms with Crippen LogP contribution in [-0.4, -0.2) is 11.8 Å². The van der Waals surface area contributed by atoms with E-state index in [9.17, 15) is 14.0 Å². The highest BCUT2D eigenvalue weighted by Gasteiger charge is 2.11. The number of rotatable bonds is 4. The molecule has 0 bridgehead atoms. The number of hydrogen-bond acceptors (Lipinski definition) is 2. The highest BCUT2D eigenvalue weighted by atomic mass is 19.1. The van der Waals surface area contributed by atoms with Crippen molar-refractivity contribution in [2.75, 3.05) is 10.6 Å². The van der Waals surface area contributed by atoms with Crippen LogP contribution in [0.3, 0.4) is 0 Å². The number of halogens is 1. The quantitative estimate of drug-likeness (QED) is 0.722. The van der Waals surface area contributed by atoms with Crippen molar-refractivity contribution in [3.05, 3.63) is 95.3 Å². The zero-order valence-corrected chi connectivity index (χ0v) is 14.1. The maximum atomic E-state index is 13.6. The minimum atomic E-state index is -0.505. The summed E-state index contributed by atoms with van der Waals surface area (Å²) in [6, 6.07) is 19.6. The molecule has 0 aromatic heterocycles. The largest absolute Gasteiger partial charge is 0.322 e. The van der Waals surface area contributed by atoms with E-state index < -0.39 is 11.7 Å². The molecule has 0 spiro atoms. The van der Waals surface area contributed by atoms with Gasteiger partial charge in [-0.2, -0.15) is 0 Å². The Labute approximate surface area is 150 Å². The molecular weight excluding hydrogens is 331 g/mol. The molecule has 0 atom stereocenters. The summed E-state index contributed by atoms with van der Waals surface area (Å²) in [5.74, 6) is -1.22. The second-order valence-electron chi connectivity index (χ2n) is 5.83. The van der Waals surface area contributed by atoms with Crippen LogP contribution in [-0.2, 0) is 0 Å². The standard InChI is InChI=1S/C21H17FN2O2/c1-14-6-12-17(13-7-14)23-20(25)15-8-10-16(11-9-15)21(26)24-19-5-3-2-4-18(19)22/h2-13H,1H3,(H,23,25)(H,24,26). The fourth-order valence-electron chi connectivity index (χ4n) is 2.37. The molecule has 0 aliphatic rings. The van der Waals surface area contributed by atoms with Gasteiger partial charge in [0.2, 0.25) is 0 Å². The number of amides is 2. The maximum Gasteiger partial charge on any atom is 0.255 e. The molecule has 2 N–H and O–H groups in total.